The summed E-state index contributed by atoms with van der Waals surface area (Å²) < 4.78 is 7.86. The Hall–Kier alpha value is -1.04. The maximum atomic E-state index is 6.26. The average Bonchev–Trinajstić information content (AvgIpc) is 2.68. The molecule has 18 heavy (non-hydrogen) atoms. The average molecular weight is 331 g/mol. The highest BCUT2D eigenvalue weighted by atomic mass is 79.9. The minimum absolute atomic E-state index is 0.345. The third-order valence-electron chi connectivity index (χ3n) is 2.71. The molecule has 2 aromatic rings. The predicted octanol–water partition coefficient (Wildman–Crippen LogP) is 2.89. The van der Waals surface area contributed by atoms with Crippen molar-refractivity contribution in [1.29, 1.82) is 0 Å². The first-order valence-corrected chi connectivity index (χ1v) is 6.47. The molecule has 4 nitrogen and oxygen atoms in total. The van der Waals surface area contributed by atoms with Gasteiger partial charge in [-0.05, 0) is 23.8 Å². The smallest absolute Gasteiger partial charge is 0.161 e. The van der Waals surface area contributed by atoms with Crippen molar-refractivity contribution in [3.05, 3.63) is 45.1 Å². The molecule has 1 aromatic heterocycles. The SMILES string of the molecule is COc1cnn(C)c1C(N)c1cc(Cl)cc(Br)c1. The molecule has 1 unspecified atom stereocenters. The van der Waals surface area contributed by atoms with E-state index in [4.69, 9.17) is 22.1 Å². The summed E-state index contributed by atoms with van der Waals surface area (Å²) in [5.74, 6) is 0.668. The van der Waals surface area contributed by atoms with Crippen molar-refractivity contribution in [1.82, 2.24) is 9.78 Å². The molecule has 1 heterocycles. The number of nitrogens with two attached hydrogens (primary N) is 1. The van der Waals surface area contributed by atoms with Gasteiger partial charge in [0.2, 0.25) is 0 Å². The summed E-state index contributed by atoms with van der Waals surface area (Å²) in [6.07, 6.45) is 1.65. The van der Waals surface area contributed by atoms with E-state index in [2.05, 4.69) is 21.0 Å². The molecule has 1 aromatic carbocycles. The van der Waals surface area contributed by atoms with Crippen molar-refractivity contribution in [2.24, 2.45) is 12.8 Å². The third kappa shape index (κ3) is 2.53. The first-order valence-electron chi connectivity index (χ1n) is 5.30. The van der Waals surface area contributed by atoms with Gasteiger partial charge in [0.25, 0.3) is 0 Å². The molecule has 2 rings (SSSR count). The fourth-order valence-corrected chi connectivity index (χ4v) is 2.74. The van der Waals surface area contributed by atoms with Gasteiger partial charge in [0, 0.05) is 16.5 Å². The molecule has 0 aliphatic rings. The molecule has 1 atom stereocenters. The van der Waals surface area contributed by atoms with Gasteiger partial charge in [-0.2, -0.15) is 5.10 Å². The molecule has 96 valence electrons. The fraction of sp³-hybridized carbons (Fsp3) is 0.250. The number of aromatic nitrogens is 2. The number of aryl methyl sites for hydroxylation is 1. The van der Waals surface area contributed by atoms with Crippen LogP contribution in [0.2, 0.25) is 5.02 Å². The third-order valence-corrected chi connectivity index (χ3v) is 3.38. The summed E-state index contributed by atoms with van der Waals surface area (Å²) in [6.45, 7) is 0. The zero-order valence-corrected chi connectivity index (χ0v) is 12.4. The van der Waals surface area contributed by atoms with Crippen molar-refractivity contribution >= 4 is 27.5 Å². The Morgan fingerprint density at radius 1 is 1.44 bits per heavy atom. The van der Waals surface area contributed by atoms with Crippen molar-refractivity contribution < 1.29 is 4.74 Å². The lowest BCUT2D eigenvalue weighted by molar-refractivity contribution is 0.406. The highest BCUT2D eigenvalue weighted by Gasteiger charge is 2.19. The van der Waals surface area contributed by atoms with Crippen molar-refractivity contribution in [2.45, 2.75) is 6.04 Å². The van der Waals surface area contributed by atoms with E-state index in [1.54, 1.807) is 18.0 Å². The molecule has 0 fully saturated rings. The number of halogens is 2. The molecule has 0 amide bonds. The van der Waals surface area contributed by atoms with Crippen molar-refractivity contribution in [2.75, 3.05) is 7.11 Å². The zero-order chi connectivity index (χ0) is 13.3. The van der Waals surface area contributed by atoms with Gasteiger partial charge in [-0.1, -0.05) is 27.5 Å². The highest BCUT2D eigenvalue weighted by Crippen LogP contribution is 2.30. The monoisotopic (exact) mass is 329 g/mol. The van der Waals surface area contributed by atoms with Crippen LogP contribution in [0.15, 0.2) is 28.9 Å². The minimum atomic E-state index is -0.345. The van der Waals surface area contributed by atoms with Crippen LogP contribution in [0.5, 0.6) is 5.75 Å². The lowest BCUT2D eigenvalue weighted by atomic mass is 10.0. The van der Waals surface area contributed by atoms with Gasteiger partial charge in [0.15, 0.2) is 5.75 Å². The van der Waals surface area contributed by atoms with E-state index in [1.807, 2.05) is 25.2 Å². The van der Waals surface area contributed by atoms with E-state index in [-0.39, 0.29) is 6.04 Å². The Bertz CT molecular complexity index is 550. The highest BCUT2D eigenvalue weighted by molar-refractivity contribution is 9.10. The number of methoxy groups -OCH3 is 1. The molecule has 0 saturated carbocycles. The van der Waals surface area contributed by atoms with Crippen LogP contribution in [0.1, 0.15) is 17.3 Å². The van der Waals surface area contributed by atoms with Crippen LogP contribution in [0.3, 0.4) is 0 Å². The first-order chi connectivity index (χ1) is 8.52. The Labute approximate surface area is 119 Å². The Kier molecular flexibility index (Phi) is 3.94. The quantitative estimate of drug-likeness (QED) is 0.941. The van der Waals surface area contributed by atoms with Crippen molar-refractivity contribution in [3.8, 4) is 5.75 Å². The van der Waals surface area contributed by atoms with Crippen LogP contribution < -0.4 is 10.5 Å². The van der Waals surface area contributed by atoms with Gasteiger partial charge in [-0.15, -0.1) is 0 Å². The summed E-state index contributed by atoms with van der Waals surface area (Å²) in [5.41, 5.74) is 7.97. The topological polar surface area (TPSA) is 53.1 Å². The first kappa shape index (κ1) is 13.4. The second-order valence-electron chi connectivity index (χ2n) is 3.90. The van der Waals surface area contributed by atoms with E-state index < -0.39 is 0 Å². The minimum Gasteiger partial charge on any atom is -0.493 e. The number of hydrogen-bond donors (Lipinski definition) is 1. The number of rotatable bonds is 3. The molecule has 0 radical (unpaired) electrons. The predicted molar refractivity (Wildman–Crippen MR) is 74.9 cm³/mol. The van der Waals surface area contributed by atoms with Gasteiger partial charge in [0.05, 0.1) is 19.3 Å². The Morgan fingerprint density at radius 2 is 2.17 bits per heavy atom. The molecule has 0 spiro atoms. The standard InChI is InChI=1S/C12H13BrClN3O/c1-17-12(10(18-2)6-16-17)11(15)7-3-8(13)5-9(14)4-7/h3-6,11H,15H2,1-2H3. The molecular weight excluding hydrogens is 318 g/mol. The number of benzene rings is 1. The van der Waals surface area contributed by atoms with Crippen LogP contribution in [-0.4, -0.2) is 16.9 Å². The van der Waals surface area contributed by atoms with E-state index in [0.29, 0.717) is 10.8 Å². The van der Waals surface area contributed by atoms with E-state index in [0.717, 1.165) is 15.7 Å². The summed E-state index contributed by atoms with van der Waals surface area (Å²) >= 11 is 9.43. The maximum Gasteiger partial charge on any atom is 0.161 e. The Morgan fingerprint density at radius 3 is 2.78 bits per heavy atom. The van der Waals surface area contributed by atoms with Crippen LogP contribution in [0.4, 0.5) is 0 Å². The second-order valence-corrected chi connectivity index (χ2v) is 5.25. The molecule has 0 aliphatic carbocycles. The van der Waals surface area contributed by atoms with Gasteiger partial charge in [-0.3, -0.25) is 4.68 Å². The van der Waals surface area contributed by atoms with Crippen LogP contribution >= 0.6 is 27.5 Å². The lowest BCUT2D eigenvalue weighted by Crippen LogP contribution is -2.17. The van der Waals surface area contributed by atoms with Gasteiger partial charge in [0.1, 0.15) is 5.69 Å². The molecule has 0 bridgehead atoms. The summed E-state index contributed by atoms with van der Waals surface area (Å²) in [4.78, 5) is 0. The summed E-state index contributed by atoms with van der Waals surface area (Å²) in [5, 5.41) is 4.78. The molecule has 0 aliphatic heterocycles. The number of ether oxygens (including phenoxy) is 1. The fourth-order valence-electron chi connectivity index (χ4n) is 1.85. The lowest BCUT2D eigenvalue weighted by Gasteiger charge is -2.15. The van der Waals surface area contributed by atoms with Gasteiger partial charge >= 0.3 is 0 Å². The van der Waals surface area contributed by atoms with E-state index >= 15 is 0 Å². The van der Waals surface area contributed by atoms with E-state index in [1.165, 1.54) is 0 Å². The molecule has 0 saturated heterocycles. The van der Waals surface area contributed by atoms with Crippen LogP contribution in [0.25, 0.3) is 0 Å². The largest absolute Gasteiger partial charge is 0.493 e. The number of hydrogen-bond acceptors (Lipinski definition) is 3. The van der Waals surface area contributed by atoms with Crippen LogP contribution in [-0.2, 0) is 7.05 Å². The van der Waals surface area contributed by atoms with Crippen LogP contribution in [0, 0.1) is 0 Å². The molecular formula is C12H13BrClN3O. The summed E-state index contributed by atoms with van der Waals surface area (Å²) in [6, 6.07) is 5.24. The van der Waals surface area contributed by atoms with Gasteiger partial charge < -0.3 is 10.5 Å². The summed E-state index contributed by atoms with van der Waals surface area (Å²) in [7, 11) is 3.43. The molecule has 6 heteroatoms. The molecule has 2 N–H and O–H groups in total. The van der Waals surface area contributed by atoms with Crippen molar-refractivity contribution in [3.63, 3.8) is 0 Å². The zero-order valence-electron chi connectivity index (χ0n) is 10.0. The second kappa shape index (κ2) is 5.30. The normalized spacial score (nSPS) is 12.5. The van der Waals surface area contributed by atoms with Gasteiger partial charge in [-0.25, -0.2) is 0 Å². The van der Waals surface area contributed by atoms with E-state index in [9.17, 15) is 0 Å². The number of nitrogens with zero attached hydrogens (tertiary/aromatic N) is 2. The Balaban J connectivity index is 2.47. The maximum absolute atomic E-state index is 6.26.